The second-order valence-electron chi connectivity index (χ2n) is 8.83. The molecule has 0 aliphatic rings. The van der Waals surface area contributed by atoms with E-state index in [2.05, 4.69) is 56.3 Å². The number of Topliss-reactive ketones (excluding diaryl/α,β-unsaturated/α-hetero) is 1. The molecule has 3 heteroatoms. The molecule has 2 nitrogen and oxygen atoms in total. The first-order chi connectivity index (χ1) is 15.2. The van der Waals surface area contributed by atoms with Gasteiger partial charge in [0.25, 0.3) is 0 Å². The third kappa shape index (κ3) is 5.41. The monoisotopic (exact) mass is 430 g/mol. The van der Waals surface area contributed by atoms with Crippen LogP contribution < -0.4 is 0 Å². The second-order valence-corrected chi connectivity index (χ2v) is 8.83. The van der Waals surface area contributed by atoms with E-state index in [4.69, 9.17) is 0 Å². The molecule has 0 heterocycles. The summed E-state index contributed by atoms with van der Waals surface area (Å²) in [6, 6.07) is 19.1. The average Bonchev–Trinajstić information content (AvgIpc) is 2.78. The standard InChI is InChI=1S/C29H31FO2/c1-20-8-9-23(16-17-29(4,19-31)22(3)32)18-26(20)11-10-24-6-5-7-28(21(24)2)25-12-14-27(30)15-13-25/h5-15,18,31H,16-17,19H2,1-4H3. The van der Waals surface area contributed by atoms with Crippen LogP contribution in [0, 0.1) is 25.1 Å². The van der Waals surface area contributed by atoms with Crippen molar-refractivity contribution in [2.24, 2.45) is 5.41 Å². The van der Waals surface area contributed by atoms with Crippen molar-refractivity contribution in [1.29, 1.82) is 0 Å². The lowest BCUT2D eigenvalue weighted by Gasteiger charge is -2.24. The summed E-state index contributed by atoms with van der Waals surface area (Å²) in [5.74, 6) is -0.218. The maximum atomic E-state index is 13.3. The molecule has 0 bridgehead atoms. The largest absolute Gasteiger partial charge is 0.395 e. The molecule has 1 atom stereocenters. The fraction of sp³-hybridized carbons (Fsp3) is 0.276. The summed E-state index contributed by atoms with van der Waals surface area (Å²) in [5, 5.41) is 9.64. The van der Waals surface area contributed by atoms with Crippen molar-refractivity contribution in [1.82, 2.24) is 0 Å². The molecule has 0 fully saturated rings. The van der Waals surface area contributed by atoms with E-state index in [1.54, 1.807) is 19.1 Å². The molecule has 0 spiro atoms. The molecule has 0 amide bonds. The van der Waals surface area contributed by atoms with E-state index in [0.717, 1.165) is 39.8 Å². The molecule has 1 unspecified atom stereocenters. The number of carbonyl (C=O) groups is 1. The Labute approximate surface area is 190 Å². The van der Waals surface area contributed by atoms with Crippen LogP contribution in [0.3, 0.4) is 0 Å². The molecule has 3 aromatic rings. The third-order valence-electron chi connectivity index (χ3n) is 6.48. The zero-order chi connectivity index (χ0) is 23.3. The van der Waals surface area contributed by atoms with Crippen molar-refractivity contribution in [3.8, 4) is 11.1 Å². The molecule has 166 valence electrons. The summed E-state index contributed by atoms with van der Waals surface area (Å²) in [7, 11) is 0. The van der Waals surface area contributed by atoms with Crippen molar-refractivity contribution in [2.75, 3.05) is 6.61 Å². The smallest absolute Gasteiger partial charge is 0.137 e. The minimum absolute atomic E-state index is 0.0174. The second kappa shape index (κ2) is 10.1. The molecule has 0 saturated heterocycles. The van der Waals surface area contributed by atoms with Crippen molar-refractivity contribution in [3.63, 3.8) is 0 Å². The van der Waals surface area contributed by atoms with Gasteiger partial charge >= 0.3 is 0 Å². The quantitative estimate of drug-likeness (QED) is 0.399. The molecule has 0 radical (unpaired) electrons. The van der Waals surface area contributed by atoms with Crippen LogP contribution in [0.25, 0.3) is 23.3 Å². The molecule has 0 aliphatic carbocycles. The predicted molar refractivity (Wildman–Crippen MR) is 131 cm³/mol. The van der Waals surface area contributed by atoms with E-state index >= 15 is 0 Å². The van der Waals surface area contributed by atoms with E-state index in [0.29, 0.717) is 6.42 Å². The summed E-state index contributed by atoms with van der Waals surface area (Å²) in [6.45, 7) is 7.39. The van der Waals surface area contributed by atoms with Gasteiger partial charge in [-0.1, -0.05) is 67.6 Å². The first-order valence-electron chi connectivity index (χ1n) is 11.0. The van der Waals surface area contributed by atoms with Gasteiger partial charge in [0, 0.05) is 5.41 Å². The maximum Gasteiger partial charge on any atom is 0.137 e. The van der Waals surface area contributed by atoms with Gasteiger partial charge in [0.15, 0.2) is 0 Å². The average molecular weight is 431 g/mol. The zero-order valence-corrected chi connectivity index (χ0v) is 19.3. The van der Waals surface area contributed by atoms with Gasteiger partial charge in [-0.3, -0.25) is 4.79 Å². The number of hydrogen-bond acceptors (Lipinski definition) is 2. The lowest BCUT2D eigenvalue weighted by Crippen LogP contribution is -2.30. The van der Waals surface area contributed by atoms with Gasteiger partial charge in [-0.2, -0.15) is 0 Å². The van der Waals surface area contributed by atoms with Gasteiger partial charge in [-0.25, -0.2) is 4.39 Å². The molecular formula is C29H31FO2. The van der Waals surface area contributed by atoms with Crippen molar-refractivity contribution < 1.29 is 14.3 Å². The fourth-order valence-corrected chi connectivity index (χ4v) is 3.77. The van der Waals surface area contributed by atoms with Crippen LogP contribution in [0.15, 0.2) is 60.7 Å². The van der Waals surface area contributed by atoms with E-state index in [-0.39, 0.29) is 18.2 Å². The van der Waals surface area contributed by atoms with Crippen LogP contribution in [-0.2, 0) is 11.2 Å². The number of rotatable bonds is 8. The first-order valence-corrected chi connectivity index (χ1v) is 11.0. The van der Waals surface area contributed by atoms with Crippen molar-refractivity contribution in [2.45, 2.75) is 40.5 Å². The Morgan fingerprint density at radius 1 is 1.00 bits per heavy atom. The number of aryl methyl sites for hydroxylation is 2. The molecule has 0 aliphatic heterocycles. The number of hydrogen-bond donors (Lipinski definition) is 1. The Morgan fingerprint density at radius 2 is 1.69 bits per heavy atom. The topological polar surface area (TPSA) is 37.3 Å². The Balaban J connectivity index is 1.84. The molecule has 0 aromatic heterocycles. The van der Waals surface area contributed by atoms with Gasteiger partial charge in [0.05, 0.1) is 6.61 Å². The third-order valence-corrected chi connectivity index (χ3v) is 6.48. The molecule has 32 heavy (non-hydrogen) atoms. The normalized spacial score (nSPS) is 13.3. The predicted octanol–water partition coefficient (Wildman–Crippen LogP) is 6.80. The van der Waals surface area contributed by atoms with Gasteiger partial charge in [0.2, 0.25) is 0 Å². The van der Waals surface area contributed by atoms with E-state index in [1.807, 2.05) is 13.0 Å². The SMILES string of the molecule is CC(=O)C(C)(CO)CCc1ccc(C)c(C=Cc2cccc(-c3ccc(F)cc3)c2C)c1. The highest BCUT2D eigenvalue weighted by Crippen LogP contribution is 2.28. The Morgan fingerprint density at radius 3 is 2.34 bits per heavy atom. The van der Waals surface area contributed by atoms with Crippen LogP contribution in [0.1, 0.15) is 48.1 Å². The van der Waals surface area contributed by atoms with Gasteiger partial charge in [-0.05, 0) is 84.7 Å². The number of aliphatic hydroxyl groups excluding tert-OH is 1. The van der Waals surface area contributed by atoms with Crippen LogP contribution in [0.5, 0.6) is 0 Å². The Bertz CT molecular complexity index is 1130. The summed E-state index contributed by atoms with van der Waals surface area (Å²) in [6.07, 6.45) is 5.58. The molecule has 1 N–H and O–H groups in total. The van der Waals surface area contributed by atoms with Crippen molar-refractivity contribution >= 4 is 17.9 Å². The highest BCUT2D eigenvalue weighted by atomic mass is 19.1. The summed E-state index contributed by atoms with van der Waals surface area (Å²) in [5.41, 5.74) is 7.09. The van der Waals surface area contributed by atoms with Crippen LogP contribution in [0.4, 0.5) is 4.39 Å². The lowest BCUT2D eigenvalue weighted by atomic mass is 9.81. The summed E-state index contributed by atoms with van der Waals surface area (Å²) >= 11 is 0. The minimum atomic E-state index is -0.696. The van der Waals surface area contributed by atoms with E-state index in [1.165, 1.54) is 17.7 Å². The number of ketones is 1. The summed E-state index contributed by atoms with van der Waals surface area (Å²) in [4.78, 5) is 11.9. The Hall–Kier alpha value is -3.04. The molecular weight excluding hydrogens is 399 g/mol. The minimum Gasteiger partial charge on any atom is -0.395 e. The van der Waals surface area contributed by atoms with E-state index in [9.17, 15) is 14.3 Å². The molecule has 3 rings (SSSR count). The van der Waals surface area contributed by atoms with Crippen LogP contribution in [0.2, 0.25) is 0 Å². The number of benzene rings is 3. The molecule has 0 saturated carbocycles. The number of carbonyl (C=O) groups excluding carboxylic acids is 1. The van der Waals surface area contributed by atoms with Gasteiger partial charge in [-0.15, -0.1) is 0 Å². The number of aliphatic hydroxyl groups is 1. The first kappa shape index (κ1) is 23.6. The fourth-order valence-electron chi connectivity index (χ4n) is 3.77. The maximum absolute atomic E-state index is 13.3. The van der Waals surface area contributed by atoms with Gasteiger partial charge < -0.3 is 5.11 Å². The van der Waals surface area contributed by atoms with E-state index < -0.39 is 5.41 Å². The highest BCUT2D eigenvalue weighted by molar-refractivity contribution is 5.82. The van der Waals surface area contributed by atoms with Gasteiger partial charge in [0.1, 0.15) is 11.6 Å². The summed E-state index contributed by atoms with van der Waals surface area (Å²) < 4.78 is 13.3. The Kier molecular flexibility index (Phi) is 7.42. The zero-order valence-electron chi connectivity index (χ0n) is 19.3. The van der Waals surface area contributed by atoms with Crippen LogP contribution >= 0.6 is 0 Å². The lowest BCUT2D eigenvalue weighted by molar-refractivity contribution is -0.128. The van der Waals surface area contributed by atoms with Crippen molar-refractivity contribution in [3.05, 3.63) is 94.3 Å². The highest BCUT2D eigenvalue weighted by Gasteiger charge is 2.28. The molecule has 3 aromatic carbocycles. The number of halogens is 1. The van der Waals surface area contributed by atoms with Crippen LogP contribution in [-0.4, -0.2) is 17.5 Å².